The summed E-state index contributed by atoms with van der Waals surface area (Å²) in [5.74, 6) is -2.26. The molecule has 1 fully saturated rings. The van der Waals surface area contributed by atoms with Gasteiger partial charge in [-0.1, -0.05) is 66.4 Å². The standard InChI is InChI=1S/C34H37NO10S/c1-34(2,3)45-33(40)35(4)20-26(36)41-21-25-27(37)28(43-30(38)22-14-8-5-9-15-22)29(44-31(39)23-16-10-6-11-17-23)32(42-25)46-24-18-12-7-13-19-24/h5-19,25,27-29,32,37H,20-21H2,1-4H3/t25?,27-,28?,29?,32-/m0/s1. The first kappa shape index (κ1) is 34.5. The third kappa shape index (κ3) is 9.80. The number of benzene rings is 3. The van der Waals surface area contributed by atoms with Crippen LogP contribution in [0.2, 0.25) is 0 Å². The van der Waals surface area contributed by atoms with E-state index in [1.54, 1.807) is 81.4 Å². The maximum Gasteiger partial charge on any atom is 0.410 e. The lowest BCUT2D eigenvalue weighted by molar-refractivity contribution is -0.211. The number of hydrogen-bond acceptors (Lipinski definition) is 11. The molecule has 4 rings (SSSR count). The number of nitrogens with zero attached hydrogens (tertiary/aromatic N) is 1. The number of rotatable bonds is 10. The molecule has 0 aliphatic carbocycles. The van der Waals surface area contributed by atoms with Gasteiger partial charge in [-0.25, -0.2) is 14.4 Å². The first-order valence-electron chi connectivity index (χ1n) is 14.6. The SMILES string of the molecule is CN(CC(=O)OCC1O[C@@H](Sc2ccccc2)C(OC(=O)c2ccccc2)C(OC(=O)c2ccccc2)[C@H]1O)C(=O)OC(C)(C)C. The van der Waals surface area contributed by atoms with Crippen LogP contribution < -0.4 is 0 Å². The van der Waals surface area contributed by atoms with Gasteiger partial charge in [0.2, 0.25) is 0 Å². The highest BCUT2D eigenvalue weighted by atomic mass is 32.2. The summed E-state index contributed by atoms with van der Waals surface area (Å²) in [6.07, 6.45) is -6.18. The number of hydrogen-bond donors (Lipinski definition) is 1. The molecule has 1 aliphatic rings. The molecule has 1 saturated heterocycles. The molecular formula is C34H37NO10S. The van der Waals surface area contributed by atoms with Crippen molar-refractivity contribution in [3.8, 4) is 0 Å². The summed E-state index contributed by atoms with van der Waals surface area (Å²) in [5, 5.41) is 11.5. The summed E-state index contributed by atoms with van der Waals surface area (Å²) in [6.45, 7) is 4.23. The smallest absolute Gasteiger partial charge is 0.410 e. The highest BCUT2D eigenvalue weighted by molar-refractivity contribution is 7.99. The maximum absolute atomic E-state index is 13.2. The van der Waals surface area contributed by atoms with Gasteiger partial charge in [-0.05, 0) is 57.2 Å². The fourth-order valence-electron chi connectivity index (χ4n) is 4.37. The molecular weight excluding hydrogens is 614 g/mol. The molecule has 0 saturated carbocycles. The molecule has 46 heavy (non-hydrogen) atoms. The molecule has 12 heteroatoms. The van der Waals surface area contributed by atoms with Crippen molar-refractivity contribution >= 4 is 35.8 Å². The Morgan fingerprint density at radius 3 is 1.83 bits per heavy atom. The number of amides is 1. The molecule has 1 heterocycles. The van der Waals surface area contributed by atoms with Gasteiger partial charge in [0.15, 0.2) is 12.2 Å². The Morgan fingerprint density at radius 2 is 1.30 bits per heavy atom. The van der Waals surface area contributed by atoms with Crippen molar-refractivity contribution in [1.82, 2.24) is 4.90 Å². The third-order valence-corrected chi connectivity index (χ3v) is 7.76. The number of aliphatic hydroxyl groups is 1. The molecule has 1 amide bonds. The molecule has 0 bridgehead atoms. The van der Waals surface area contributed by atoms with Crippen molar-refractivity contribution < 1.29 is 48.0 Å². The molecule has 3 aromatic carbocycles. The second kappa shape index (κ2) is 15.7. The minimum absolute atomic E-state index is 0.217. The Morgan fingerprint density at radius 1 is 0.804 bits per heavy atom. The van der Waals surface area contributed by atoms with Gasteiger partial charge in [-0.3, -0.25) is 4.79 Å². The molecule has 1 aliphatic heterocycles. The van der Waals surface area contributed by atoms with Crippen LogP contribution in [0.5, 0.6) is 0 Å². The van der Waals surface area contributed by atoms with E-state index in [1.807, 2.05) is 30.3 Å². The molecule has 1 N–H and O–H groups in total. The molecule has 3 aromatic rings. The summed E-state index contributed by atoms with van der Waals surface area (Å²) in [7, 11) is 1.39. The Kier molecular flexibility index (Phi) is 11.8. The van der Waals surface area contributed by atoms with E-state index in [1.165, 1.54) is 18.8 Å². The van der Waals surface area contributed by atoms with Gasteiger partial charge < -0.3 is 33.7 Å². The minimum Gasteiger partial charge on any atom is -0.461 e. The van der Waals surface area contributed by atoms with E-state index in [4.69, 9.17) is 23.7 Å². The first-order chi connectivity index (χ1) is 21.9. The third-order valence-electron chi connectivity index (χ3n) is 6.60. The number of likely N-dealkylation sites (N-methyl/N-ethyl adjacent to an activating group) is 1. The van der Waals surface area contributed by atoms with Crippen molar-refractivity contribution in [2.24, 2.45) is 0 Å². The van der Waals surface area contributed by atoms with E-state index in [2.05, 4.69) is 0 Å². The summed E-state index contributed by atoms with van der Waals surface area (Å²) in [6, 6.07) is 25.5. The first-order valence-corrected chi connectivity index (χ1v) is 15.5. The maximum atomic E-state index is 13.2. The van der Waals surface area contributed by atoms with Crippen LogP contribution in [-0.4, -0.2) is 89.7 Å². The molecule has 0 aromatic heterocycles. The number of thioether (sulfide) groups is 1. The van der Waals surface area contributed by atoms with Gasteiger partial charge in [0.1, 0.15) is 36.4 Å². The lowest BCUT2D eigenvalue weighted by Gasteiger charge is -2.43. The highest BCUT2D eigenvalue weighted by Gasteiger charge is 2.50. The molecule has 244 valence electrons. The van der Waals surface area contributed by atoms with E-state index >= 15 is 0 Å². The van der Waals surface area contributed by atoms with Crippen LogP contribution in [0.25, 0.3) is 0 Å². The number of ether oxygens (including phenoxy) is 5. The Bertz CT molecular complexity index is 1470. The number of carbonyl (C=O) groups is 4. The van der Waals surface area contributed by atoms with Gasteiger partial charge in [0.05, 0.1) is 11.1 Å². The van der Waals surface area contributed by atoms with Gasteiger partial charge in [-0.15, -0.1) is 0 Å². The van der Waals surface area contributed by atoms with Crippen LogP contribution in [0, 0.1) is 0 Å². The van der Waals surface area contributed by atoms with E-state index in [0.717, 1.165) is 9.80 Å². The largest absolute Gasteiger partial charge is 0.461 e. The monoisotopic (exact) mass is 651 g/mol. The Balaban J connectivity index is 1.58. The van der Waals surface area contributed by atoms with Crippen LogP contribution in [0.1, 0.15) is 41.5 Å². The van der Waals surface area contributed by atoms with Crippen molar-refractivity contribution in [3.63, 3.8) is 0 Å². The number of aliphatic hydroxyl groups excluding tert-OH is 1. The van der Waals surface area contributed by atoms with Crippen LogP contribution >= 0.6 is 11.8 Å². The normalized spacial score (nSPS) is 21.0. The Hall–Kier alpha value is -4.39. The van der Waals surface area contributed by atoms with Crippen molar-refractivity contribution in [3.05, 3.63) is 102 Å². The number of esters is 3. The second-order valence-corrected chi connectivity index (χ2v) is 12.6. The van der Waals surface area contributed by atoms with E-state index in [9.17, 15) is 24.3 Å². The fourth-order valence-corrected chi connectivity index (χ4v) is 5.49. The van der Waals surface area contributed by atoms with Gasteiger partial charge in [0, 0.05) is 11.9 Å². The zero-order chi connectivity index (χ0) is 33.3. The number of carbonyl (C=O) groups excluding carboxylic acids is 4. The molecule has 0 radical (unpaired) electrons. The predicted molar refractivity (Wildman–Crippen MR) is 168 cm³/mol. The molecule has 5 atom stereocenters. The van der Waals surface area contributed by atoms with Crippen molar-refractivity contribution in [2.45, 2.75) is 61.1 Å². The van der Waals surface area contributed by atoms with Crippen LogP contribution in [0.15, 0.2) is 95.9 Å². The van der Waals surface area contributed by atoms with Gasteiger partial charge >= 0.3 is 24.0 Å². The van der Waals surface area contributed by atoms with Gasteiger partial charge in [0.25, 0.3) is 0 Å². The molecule has 0 spiro atoms. The fraction of sp³-hybridized carbons (Fsp3) is 0.353. The van der Waals surface area contributed by atoms with E-state index in [-0.39, 0.29) is 11.1 Å². The lowest BCUT2D eigenvalue weighted by atomic mass is 9.99. The minimum atomic E-state index is -1.58. The van der Waals surface area contributed by atoms with Crippen molar-refractivity contribution in [1.29, 1.82) is 0 Å². The zero-order valence-electron chi connectivity index (χ0n) is 25.9. The summed E-state index contributed by atoms with van der Waals surface area (Å²) >= 11 is 1.18. The zero-order valence-corrected chi connectivity index (χ0v) is 26.8. The topological polar surface area (TPSA) is 138 Å². The second-order valence-electron chi connectivity index (χ2n) is 11.5. The lowest BCUT2D eigenvalue weighted by Crippen LogP contribution is -2.60. The summed E-state index contributed by atoms with van der Waals surface area (Å²) < 4.78 is 28.6. The van der Waals surface area contributed by atoms with Crippen molar-refractivity contribution in [2.75, 3.05) is 20.2 Å². The van der Waals surface area contributed by atoms with Crippen LogP contribution in [0.3, 0.4) is 0 Å². The van der Waals surface area contributed by atoms with Crippen LogP contribution in [0.4, 0.5) is 4.79 Å². The molecule has 11 nitrogen and oxygen atoms in total. The van der Waals surface area contributed by atoms with Crippen LogP contribution in [-0.2, 0) is 28.5 Å². The van der Waals surface area contributed by atoms with E-state index in [0.29, 0.717) is 0 Å². The van der Waals surface area contributed by atoms with Gasteiger partial charge in [-0.2, -0.15) is 0 Å². The predicted octanol–water partition coefficient (Wildman–Crippen LogP) is 4.73. The average molecular weight is 652 g/mol. The molecule has 3 unspecified atom stereocenters. The quantitative estimate of drug-likeness (QED) is 0.241. The Labute approximate surface area is 271 Å². The summed E-state index contributed by atoms with van der Waals surface area (Å²) in [4.78, 5) is 53.3. The summed E-state index contributed by atoms with van der Waals surface area (Å²) in [5.41, 5.74) is -1.29. The average Bonchev–Trinajstić information content (AvgIpc) is 3.03. The highest BCUT2D eigenvalue weighted by Crippen LogP contribution is 2.37. The van der Waals surface area contributed by atoms with E-state index < -0.39 is 72.6 Å².